The third kappa shape index (κ3) is 3.54. The summed E-state index contributed by atoms with van der Waals surface area (Å²) < 4.78 is 0. The zero-order valence-electron chi connectivity index (χ0n) is 11.5. The Hall–Kier alpha value is -1.41. The molecule has 1 heterocycles. The Labute approximate surface area is 109 Å². The first-order valence-corrected chi connectivity index (χ1v) is 6.59. The van der Waals surface area contributed by atoms with E-state index in [-0.39, 0.29) is 0 Å². The topological polar surface area (TPSA) is 24.9 Å². The Balaban J connectivity index is 2.00. The number of nitrogens with zero attached hydrogens (tertiary/aromatic N) is 1. The van der Waals surface area contributed by atoms with Crippen LogP contribution >= 0.6 is 0 Å². The maximum absolute atomic E-state index is 4.30. The van der Waals surface area contributed by atoms with Gasteiger partial charge in [0.1, 0.15) is 0 Å². The van der Waals surface area contributed by atoms with Crippen LogP contribution in [0.1, 0.15) is 32.8 Å². The normalized spacial score (nSPS) is 11.9. The minimum atomic E-state index is 0.393. The van der Waals surface area contributed by atoms with Crippen LogP contribution in [-0.4, -0.2) is 11.5 Å². The van der Waals surface area contributed by atoms with Crippen molar-refractivity contribution in [1.29, 1.82) is 0 Å². The molecule has 1 aromatic carbocycles. The molecule has 2 heteroatoms. The van der Waals surface area contributed by atoms with Gasteiger partial charge in [-0.1, -0.05) is 45.0 Å². The number of rotatable bonds is 4. The lowest BCUT2D eigenvalue weighted by Crippen LogP contribution is -2.20. The second kappa shape index (κ2) is 5.49. The Morgan fingerprint density at radius 1 is 1.11 bits per heavy atom. The van der Waals surface area contributed by atoms with Crippen molar-refractivity contribution in [2.45, 2.75) is 33.7 Å². The maximum atomic E-state index is 4.30. The molecule has 0 radical (unpaired) electrons. The van der Waals surface area contributed by atoms with E-state index >= 15 is 0 Å². The second-order valence-electron chi connectivity index (χ2n) is 6.01. The van der Waals surface area contributed by atoms with Crippen molar-refractivity contribution in [2.24, 2.45) is 5.41 Å². The number of nitrogens with one attached hydrogen (secondary N) is 1. The summed E-state index contributed by atoms with van der Waals surface area (Å²) >= 11 is 0. The van der Waals surface area contributed by atoms with Gasteiger partial charge in [-0.2, -0.15) is 0 Å². The predicted octanol–water partition coefficient (Wildman–Crippen LogP) is 3.76. The zero-order chi connectivity index (χ0) is 13.0. The van der Waals surface area contributed by atoms with Crippen LogP contribution in [-0.2, 0) is 6.54 Å². The highest BCUT2D eigenvalue weighted by molar-refractivity contribution is 5.84. The smallest absolute Gasteiger partial charge is 0.0346 e. The minimum Gasteiger partial charge on any atom is -0.313 e. The van der Waals surface area contributed by atoms with Gasteiger partial charge >= 0.3 is 0 Å². The zero-order valence-corrected chi connectivity index (χ0v) is 11.5. The van der Waals surface area contributed by atoms with Gasteiger partial charge in [-0.15, -0.1) is 0 Å². The first kappa shape index (κ1) is 13.0. The monoisotopic (exact) mass is 242 g/mol. The van der Waals surface area contributed by atoms with E-state index in [1.807, 2.05) is 12.4 Å². The Morgan fingerprint density at radius 2 is 1.89 bits per heavy atom. The standard InChI is InChI=1S/C16H22N2/c1-16(2,3)8-9-17-11-14-12-18-10-13-6-4-5-7-15(13)14/h4-7,10,12,17H,8-9,11H2,1-3H3. The fourth-order valence-corrected chi connectivity index (χ4v) is 2.01. The van der Waals surface area contributed by atoms with Gasteiger partial charge in [-0.05, 0) is 29.3 Å². The van der Waals surface area contributed by atoms with E-state index in [1.54, 1.807) is 0 Å². The van der Waals surface area contributed by atoms with Crippen LogP contribution in [0.15, 0.2) is 36.7 Å². The van der Waals surface area contributed by atoms with E-state index in [0.29, 0.717) is 5.41 Å². The molecular weight excluding hydrogens is 220 g/mol. The van der Waals surface area contributed by atoms with Crippen LogP contribution in [0.3, 0.4) is 0 Å². The predicted molar refractivity (Wildman–Crippen MR) is 77.5 cm³/mol. The van der Waals surface area contributed by atoms with Crippen LogP contribution in [0.25, 0.3) is 10.8 Å². The molecule has 0 amide bonds. The number of hydrogen-bond acceptors (Lipinski definition) is 2. The summed E-state index contributed by atoms with van der Waals surface area (Å²) in [6.45, 7) is 8.76. The van der Waals surface area contributed by atoms with Crippen molar-refractivity contribution in [3.05, 3.63) is 42.2 Å². The molecule has 0 spiro atoms. The molecule has 2 aromatic rings. The molecule has 0 aliphatic carbocycles. The lowest BCUT2D eigenvalue weighted by molar-refractivity contribution is 0.367. The summed E-state index contributed by atoms with van der Waals surface area (Å²) in [5.74, 6) is 0. The molecule has 96 valence electrons. The van der Waals surface area contributed by atoms with Crippen molar-refractivity contribution >= 4 is 10.8 Å². The van der Waals surface area contributed by atoms with Crippen LogP contribution in [0.4, 0.5) is 0 Å². The van der Waals surface area contributed by atoms with E-state index in [1.165, 1.54) is 22.8 Å². The number of hydrogen-bond donors (Lipinski definition) is 1. The molecule has 0 fully saturated rings. The molecule has 2 nitrogen and oxygen atoms in total. The third-order valence-electron chi connectivity index (χ3n) is 3.12. The molecule has 0 atom stereocenters. The minimum absolute atomic E-state index is 0.393. The Bertz CT molecular complexity index is 506. The number of benzene rings is 1. The molecule has 1 N–H and O–H groups in total. The van der Waals surface area contributed by atoms with Crippen LogP contribution in [0.2, 0.25) is 0 Å². The Kier molecular flexibility index (Phi) is 3.97. The van der Waals surface area contributed by atoms with E-state index in [2.05, 4.69) is 55.3 Å². The highest BCUT2D eigenvalue weighted by atomic mass is 14.9. The highest BCUT2D eigenvalue weighted by Crippen LogP contribution is 2.18. The number of pyridine rings is 1. The van der Waals surface area contributed by atoms with Crippen molar-refractivity contribution < 1.29 is 0 Å². The summed E-state index contributed by atoms with van der Waals surface area (Å²) in [7, 11) is 0. The van der Waals surface area contributed by atoms with E-state index in [4.69, 9.17) is 0 Å². The van der Waals surface area contributed by atoms with Crippen LogP contribution in [0, 0.1) is 5.41 Å². The lowest BCUT2D eigenvalue weighted by Gasteiger charge is -2.18. The fraction of sp³-hybridized carbons (Fsp3) is 0.438. The van der Waals surface area contributed by atoms with Gasteiger partial charge in [-0.25, -0.2) is 0 Å². The average Bonchev–Trinajstić information content (AvgIpc) is 2.33. The largest absolute Gasteiger partial charge is 0.313 e. The molecule has 0 unspecified atom stereocenters. The molecule has 0 bridgehead atoms. The van der Waals surface area contributed by atoms with Crippen molar-refractivity contribution in [1.82, 2.24) is 10.3 Å². The number of fused-ring (bicyclic) bond motifs is 1. The summed E-state index contributed by atoms with van der Waals surface area (Å²) in [5.41, 5.74) is 1.67. The van der Waals surface area contributed by atoms with Gasteiger partial charge in [0.05, 0.1) is 0 Å². The van der Waals surface area contributed by atoms with E-state index in [9.17, 15) is 0 Å². The van der Waals surface area contributed by atoms with Gasteiger partial charge in [-0.3, -0.25) is 4.98 Å². The molecular formula is C16H22N2. The quantitative estimate of drug-likeness (QED) is 0.826. The first-order valence-electron chi connectivity index (χ1n) is 6.59. The Morgan fingerprint density at radius 3 is 2.67 bits per heavy atom. The van der Waals surface area contributed by atoms with E-state index in [0.717, 1.165) is 13.1 Å². The van der Waals surface area contributed by atoms with Gasteiger partial charge in [0.25, 0.3) is 0 Å². The highest BCUT2D eigenvalue weighted by Gasteiger charge is 2.09. The number of aromatic nitrogens is 1. The molecule has 0 aliphatic rings. The average molecular weight is 242 g/mol. The lowest BCUT2D eigenvalue weighted by atomic mass is 9.92. The van der Waals surface area contributed by atoms with Crippen LogP contribution in [0.5, 0.6) is 0 Å². The summed E-state index contributed by atoms with van der Waals surface area (Å²) in [5, 5.41) is 6.03. The third-order valence-corrected chi connectivity index (χ3v) is 3.12. The van der Waals surface area contributed by atoms with Crippen molar-refractivity contribution in [3.8, 4) is 0 Å². The van der Waals surface area contributed by atoms with Gasteiger partial charge < -0.3 is 5.32 Å². The molecule has 2 rings (SSSR count). The molecule has 0 saturated heterocycles. The molecule has 0 saturated carbocycles. The van der Waals surface area contributed by atoms with Gasteiger partial charge in [0.15, 0.2) is 0 Å². The molecule has 0 aliphatic heterocycles. The second-order valence-corrected chi connectivity index (χ2v) is 6.01. The van der Waals surface area contributed by atoms with Crippen LogP contribution < -0.4 is 5.32 Å². The van der Waals surface area contributed by atoms with Crippen molar-refractivity contribution in [3.63, 3.8) is 0 Å². The molecule has 18 heavy (non-hydrogen) atoms. The fourth-order valence-electron chi connectivity index (χ4n) is 2.01. The summed E-state index contributed by atoms with van der Waals surface area (Å²) in [6, 6.07) is 8.42. The van der Waals surface area contributed by atoms with Gasteiger partial charge in [0.2, 0.25) is 0 Å². The molecule has 1 aromatic heterocycles. The SMILES string of the molecule is CC(C)(C)CCNCc1cncc2ccccc12. The first-order chi connectivity index (χ1) is 8.56. The van der Waals surface area contributed by atoms with E-state index < -0.39 is 0 Å². The van der Waals surface area contributed by atoms with Crippen molar-refractivity contribution in [2.75, 3.05) is 6.54 Å². The summed E-state index contributed by atoms with van der Waals surface area (Å²) in [6.07, 6.45) is 5.08. The maximum Gasteiger partial charge on any atom is 0.0346 e. The van der Waals surface area contributed by atoms with Gasteiger partial charge in [0, 0.05) is 24.3 Å². The summed E-state index contributed by atoms with van der Waals surface area (Å²) in [4.78, 5) is 4.30.